The van der Waals surface area contributed by atoms with Crippen LogP contribution in [0.3, 0.4) is 0 Å². The molecule has 0 aliphatic heterocycles. The van der Waals surface area contributed by atoms with Gasteiger partial charge in [0.25, 0.3) is 0 Å². The average Bonchev–Trinajstić information content (AvgIpc) is 3.30. The molecule has 0 saturated heterocycles. The van der Waals surface area contributed by atoms with Crippen molar-refractivity contribution in [3.63, 3.8) is 0 Å². The Morgan fingerprint density at radius 2 is 2.07 bits per heavy atom. The number of nitrogens with zero attached hydrogens (tertiary/aromatic N) is 5. The molecule has 1 N–H and O–H groups in total. The Bertz CT molecular complexity index is 1300. The van der Waals surface area contributed by atoms with E-state index in [9.17, 15) is 8.42 Å². The van der Waals surface area contributed by atoms with E-state index >= 15 is 0 Å². The summed E-state index contributed by atoms with van der Waals surface area (Å²) in [6, 6.07) is 7.48. The number of hydrogen-bond acceptors (Lipinski definition) is 6. The Kier molecular flexibility index (Phi) is 4.09. The van der Waals surface area contributed by atoms with Gasteiger partial charge in [0.05, 0.1) is 27.7 Å². The molecule has 4 aromatic rings. The monoisotopic (exact) mass is 410 g/mol. The maximum absolute atomic E-state index is 12.9. The van der Waals surface area contributed by atoms with Gasteiger partial charge in [0.15, 0.2) is 9.84 Å². The summed E-state index contributed by atoms with van der Waals surface area (Å²) < 4.78 is 27.6. The van der Waals surface area contributed by atoms with Gasteiger partial charge in [-0.05, 0) is 43.0 Å². The number of hydrogen-bond donors (Lipinski definition) is 1. The first kappa shape index (κ1) is 18.1. The molecule has 0 bridgehead atoms. The molecule has 3 heterocycles. The van der Waals surface area contributed by atoms with Gasteiger partial charge < -0.3 is 9.88 Å². The summed E-state index contributed by atoms with van der Waals surface area (Å²) in [6.07, 6.45) is 6.78. The van der Waals surface area contributed by atoms with Crippen molar-refractivity contribution in [2.24, 2.45) is 13.0 Å². The number of H-pyrrole nitrogens is 1. The third-order valence-electron chi connectivity index (χ3n) is 5.96. The lowest BCUT2D eigenvalue weighted by molar-refractivity contribution is 0.282. The molecular formula is C20H22N6O2S. The predicted molar refractivity (Wildman–Crippen MR) is 112 cm³/mol. The van der Waals surface area contributed by atoms with Gasteiger partial charge in [-0.3, -0.25) is 4.68 Å². The molecule has 3 aromatic heterocycles. The fraction of sp³-hybridized carbons (Fsp3) is 0.350. The van der Waals surface area contributed by atoms with Crippen LogP contribution in [0.1, 0.15) is 12.8 Å². The molecule has 150 valence electrons. The molecule has 0 spiro atoms. The minimum atomic E-state index is -3.33. The van der Waals surface area contributed by atoms with Gasteiger partial charge in [-0.1, -0.05) is 0 Å². The number of aromatic nitrogens is 5. The summed E-state index contributed by atoms with van der Waals surface area (Å²) in [5, 5.41) is 6.02. The van der Waals surface area contributed by atoms with Crippen molar-refractivity contribution in [3.8, 4) is 0 Å². The summed E-state index contributed by atoms with van der Waals surface area (Å²) in [5.41, 5.74) is 1.74. The van der Waals surface area contributed by atoms with Crippen molar-refractivity contribution < 1.29 is 8.42 Å². The Labute approximate surface area is 168 Å². The zero-order valence-electron chi connectivity index (χ0n) is 16.3. The van der Waals surface area contributed by atoms with E-state index in [-0.39, 0.29) is 17.7 Å². The first-order chi connectivity index (χ1) is 13.9. The lowest BCUT2D eigenvalue weighted by Gasteiger charge is -2.41. The minimum Gasteiger partial charge on any atom is -0.356 e. The normalized spacial score (nSPS) is 19.5. The van der Waals surface area contributed by atoms with Gasteiger partial charge in [0.2, 0.25) is 0 Å². The van der Waals surface area contributed by atoms with E-state index in [1.165, 1.54) is 0 Å². The zero-order valence-corrected chi connectivity index (χ0v) is 17.1. The lowest BCUT2D eigenvalue weighted by atomic mass is 9.81. The van der Waals surface area contributed by atoms with E-state index in [2.05, 4.69) is 25.0 Å². The molecule has 29 heavy (non-hydrogen) atoms. The van der Waals surface area contributed by atoms with E-state index in [1.807, 2.05) is 32.4 Å². The van der Waals surface area contributed by atoms with Crippen LogP contribution >= 0.6 is 0 Å². The molecule has 0 radical (unpaired) electrons. The number of aromatic amines is 1. The van der Waals surface area contributed by atoms with Gasteiger partial charge in [0.1, 0.15) is 17.8 Å². The highest BCUT2D eigenvalue weighted by molar-refractivity contribution is 7.91. The first-order valence-corrected chi connectivity index (χ1v) is 11.2. The van der Waals surface area contributed by atoms with Crippen molar-refractivity contribution in [2.75, 3.05) is 17.7 Å². The Hall–Kier alpha value is -2.94. The van der Waals surface area contributed by atoms with E-state index in [0.717, 1.165) is 40.6 Å². The summed E-state index contributed by atoms with van der Waals surface area (Å²) in [7, 11) is 0.534. The number of benzene rings is 1. The third kappa shape index (κ3) is 3.05. The SMILES string of the molecule is Cn1ncc2cc(S(=O)(=O)C[C@H]3C[C@@H](N(C)c4ncnc5[nH]ccc45)C3)ccc21. The Morgan fingerprint density at radius 1 is 1.24 bits per heavy atom. The van der Waals surface area contributed by atoms with E-state index in [1.54, 1.807) is 29.3 Å². The second-order valence-electron chi connectivity index (χ2n) is 7.81. The largest absolute Gasteiger partial charge is 0.356 e. The number of sulfone groups is 1. The third-order valence-corrected chi connectivity index (χ3v) is 7.84. The van der Waals surface area contributed by atoms with Gasteiger partial charge in [-0.25, -0.2) is 18.4 Å². The second kappa shape index (κ2) is 6.55. The smallest absolute Gasteiger partial charge is 0.178 e. The maximum Gasteiger partial charge on any atom is 0.178 e. The van der Waals surface area contributed by atoms with Gasteiger partial charge >= 0.3 is 0 Å². The fourth-order valence-corrected chi connectivity index (χ4v) is 5.87. The van der Waals surface area contributed by atoms with Gasteiger partial charge in [-0.2, -0.15) is 5.10 Å². The van der Waals surface area contributed by atoms with Crippen LogP contribution in [0.5, 0.6) is 0 Å². The summed E-state index contributed by atoms with van der Waals surface area (Å²) in [5.74, 6) is 1.21. The minimum absolute atomic E-state index is 0.153. The standard InChI is InChI=1S/C20H22N6O2S/c1-25(20-17-5-6-21-19(17)22-12-23-20)15-7-13(8-15)11-29(27,28)16-3-4-18-14(9-16)10-24-26(18)2/h3-6,9-10,12-13,15H,7-8,11H2,1-2H3,(H,21,22,23)/t13-,15+. The van der Waals surface area contributed by atoms with Crippen molar-refractivity contribution >= 4 is 37.6 Å². The van der Waals surface area contributed by atoms with Crippen LogP contribution in [0.2, 0.25) is 0 Å². The maximum atomic E-state index is 12.9. The quantitative estimate of drug-likeness (QED) is 0.543. The first-order valence-electron chi connectivity index (χ1n) is 9.58. The molecule has 1 fully saturated rings. The average molecular weight is 411 g/mol. The number of fused-ring (bicyclic) bond motifs is 2. The highest BCUT2D eigenvalue weighted by atomic mass is 32.2. The summed E-state index contributed by atoms with van der Waals surface area (Å²) >= 11 is 0. The van der Waals surface area contributed by atoms with E-state index in [0.29, 0.717) is 4.90 Å². The molecule has 0 atom stereocenters. The molecule has 1 saturated carbocycles. The predicted octanol–water partition coefficient (Wildman–Crippen LogP) is 2.53. The van der Waals surface area contributed by atoms with Crippen LogP contribution < -0.4 is 4.90 Å². The molecule has 8 nitrogen and oxygen atoms in total. The highest BCUT2D eigenvalue weighted by Crippen LogP contribution is 2.36. The zero-order chi connectivity index (χ0) is 20.2. The molecule has 1 aliphatic rings. The molecule has 1 aromatic carbocycles. The topological polar surface area (TPSA) is 96.8 Å². The van der Waals surface area contributed by atoms with Gasteiger partial charge in [0, 0.05) is 31.7 Å². The second-order valence-corrected chi connectivity index (χ2v) is 9.84. The van der Waals surface area contributed by atoms with Crippen molar-refractivity contribution in [2.45, 2.75) is 23.8 Å². The van der Waals surface area contributed by atoms with Crippen LogP contribution in [-0.4, -0.2) is 52.0 Å². The van der Waals surface area contributed by atoms with Crippen LogP contribution in [0, 0.1) is 5.92 Å². The highest BCUT2D eigenvalue weighted by Gasteiger charge is 2.36. The Morgan fingerprint density at radius 3 is 2.90 bits per heavy atom. The number of nitrogens with one attached hydrogen (secondary N) is 1. The lowest BCUT2D eigenvalue weighted by Crippen LogP contribution is -2.45. The molecule has 9 heteroatoms. The fourth-order valence-electron chi connectivity index (χ4n) is 4.21. The molecule has 0 amide bonds. The summed E-state index contributed by atoms with van der Waals surface area (Å²) in [6.45, 7) is 0. The number of anilines is 1. The molecule has 1 aliphatic carbocycles. The van der Waals surface area contributed by atoms with Crippen molar-refractivity contribution in [1.82, 2.24) is 24.7 Å². The van der Waals surface area contributed by atoms with E-state index in [4.69, 9.17) is 0 Å². The number of aryl methyl sites for hydroxylation is 1. The van der Waals surface area contributed by atoms with Crippen molar-refractivity contribution in [1.29, 1.82) is 0 Å². The molecule has 5 rings (SSSR count). The van der Waals surface area contributed by atoms with Crippen LogP contribution in [-0.2, 0) is 16.9 Å². The van der Waals surface area contributed by atoms with Crippen LogP contribution in [0.4, 0.5) is 5.82 Å². The Balaban J connectivity index is 1.28. The van der Waals surface area contributed by atoms with Gasteiger partial charge in [-0.15, -0.1) is 0 Å². The number of rotatable bonds is 5. The molecule has 0 unspecified atom stereocenters. The molecular weight excluding hydrogens is 388 g/mol. The summed E-state index contributed by atoms with van der Waals surface area (Å²) in [4.78, 5) is 14.3. The van der Waals surface area contributed by atoms with E-state index < -0.39 is 9.84 Å². The van der Waals surface area contributed by atoms with Crippen LogP contribution in [0.25, 0.3) is 21.9 Å². The van der Waals surface area contributed by atoms with Crippen molar-refractivity contribution in [3.05, 3.63) is 43.0 Å². The van der Waals surface area contributed by atoms with Crippen LogP contribution in [0.15, 0.2) is 47.9 Å².